The van der Waals surface area contributed by atoms with Crippen molar-refractivity contribution < 1.29 is 18.8 Å². The third-order valence-electron chi connectivity index (χ3n) is 4.46. The maximum Gasteiger partial charge on any atom is 0.287 e. The molecule has 1 fully saturated rings. The van der Waals surface area contributed by atoms with Gasteiger partial charge in [-0.25, -0.2) is 0 Å². The first-order chi connectivity index (χ1) is 13.0. The van der Waals surface area contributed by atoms with Crippen molar-refractivity contribution in [2.24, 2.45) is 5.92 Å². The number of likely N-dealkylation sites (tertiary alicyclic amines) is 1. The van der Waals surface area contributed by atoms with Gasteiger partial charge in [-0.15, -0.1) is 0 Å². The third kappa shape index (κ3) is 5.19. The van der Waals surface area contributed by atoms with Crippen LogP contribution >= 0.6 is 15.9 Å². The number of carbonyl (C=O) groups excluding carboxylic acids is 3. The number of para-hydroxylation sites is 1. The van der Waals surface area contributed by atoms with Gasteiger partial charge in [0.05, 0.1) is 6.54 Å². The van der Waals surface area contributed by atoms with Crippen LogP contribution in [0.1, 0.15) is 23.4 Å². The van der Waals surface area contributed by atoms with Crippen molar-refractivity contribution in [3.8, 4) is 0 Å². The van der Waals surface area contributed by atoms with E-state index in [1.54, 1.807) is 11.0 Å². The molecule has 0 bridgehead atoms. The zero-order valence-corrected chi connectivity index (χ0v) is 16.2. The molecule has 3 rings (SSSR count). The molecule has 2 aromatic rings. The van der Waals surface area contributed by atoms with Crippen LogP contribution in [-0.4, -0.2) is 42.3 Å². The summed E-state index contributed by atoms with van der Waals surface area (Å²) in [6.45, 7) is 0.889. The summed E-state index contributed by atoms with van der Waals surface area (Å²) in [7, 11) is 0. The van der Waals surface area contributed by atoms with Crippen LogP contribution in [0.25, 0.3) is 0 Å². The van der Waals surface area contributed by atoms with Crippen LogP contribution < -0.4 is 10.6 Å². The van der Waals surface area contributed by atoms with E-state index < -0.39 is 5.91 Å². The standard InChI is InChI=1S/C19H20BrN3O4/c20-16-7-6-15(27-16)19(26)21-12-17(24)23-10-8-13(9-11-23)18(25)22-14-4-2-1-3-5-14/h1-7,13H,8-12H2,(H,21,26)(H,22,25). The summed E-state index contributed by atoms with van der Waals surface area (Å²) in [5, 5.41) is 5.45. The Morgan fingerprint density at radius 1 is 1.07 bits per heavy atom. The topological polar surface area (TPSA) is 91.7 Å². The monoisotopic (exact) mass is 433 g/mol. The fourth-order valence-electron chi connectivity index (χ4n) is 2.95. The van der Waals surface area contributed by atoms with Gasteiger partial charge in [0.1, 0.15) is 0 Å². The number of amides is 3. The van der Waals surface area contributed by atoms with E-state index in [0.717, 1.165) is 5.69 Å². The Hall–Kier alpha value is -2.61. The number of furan rings is 1. The number of piperidine rings is 1. The number of hydrogen-bond donors (Lipinski definition) is 2. The summed E-state index contributed by atoms with van der Waals surface area (Å²) in [5.41, 5.74) is 0.772. The van der Waals surface area contributed by atoms with Crippen molar-refractivity contribution in [2.45, 2.75) is 12.8 Å². The van der Waals surface area contributed by atoms with Gasteiger partial charge in [-0.3, -0.25) is 14.4 Å². The van der Waals surface area contributed by atoms with E-state index in [1.165, 1.54) is 6.07 Å². The van der Waals surface area contributed by atoms with Crippen LogP contribution in [-0.2, 0) is 9.59 Å². The Morgan fingerprint density at radius 2 is 1.78 bits per heavy atom. The molecular formula is C19H20BrN3O4. The van der Waals surface area contributed by atoms with Crippen LogP contribution in [0.2, 0.25) is 0 Å². The van der Waals surface area contributed by atoms with Crippen molar-refractivity contribution >= 4 is 39.3 Å². The predicted octanol–water partition coefficient (Wildman–Crippen LogP) is 2.65. The van der Waals surface area contributed by atoms with Crippen LogP contribution in [0.3, 0.4) is 0 Å². The first-order valence-electron chi connectivity index (χ1n) is 8.70. The average Bonchev–Trinajstić information content (AvgIpc) is 3.13. The average molecular weight is 434 g/mol. The summed E-state index contributed by atoms with van der Waals surface area (Å²) < 4.78 is 5.60. The number of halogens is 1. The summed E-state index contributed by atoms with van der Waals surface area (Å²) in [4.78, 5) is 38.2. The maximum atomic E-state index is 12.3. The second-order valence-electron chi connectivity index (χ2n) is 6.30. The number of rotatable bonds is 5. The molecule has 1 aliphatic rings. The van der Waals surface area contributed by atoms with E-state index in [1.807, 2.05) is 30.3 Å². The zero-order chi connectivity index (χ0) is 19.2. The molecule has 142 valence electrons. The van der Waals surface area contributed by atoms with Crippen molar-refractivity contribution in [2.75, 3.05) is 25.0 Å². The minimum atomic E-state index is -0.439. The Morgan fingerprint density at radius 3 is 2.41 bits per heavy atom. The summed E-state index contributed by atoms with van der Waals surface area (Å²) in [6.07, 6.45) is 1.20. The Bertz CT molecular complexity index is 813. The summed E-state index contributed by atoms with van der Waals surface area (Å²) >= 11 is 3.13. The molecule has 3 amide bonds. The van der Waals surface area contributed by atoms with Gasteiger partial charge >= 0.3 is 0 Å². The maximum absolute atomic E-state index is 12.3. The molecule has 1 aromatic heterocycles. The van der Waals surface area contributed by atoms with E-state index in [4.69, 9.17) is 4.42 Å². The molecular weight excluding hydrogens is 414 g/mol. The molecule has 1 aliphatic heterocycles. The molecule has 0 atom stereocenters. The Balaban J connectivity index is 1.42. The van der Waals surface area contributed by atoms with Gasteiger partial charge < -0.3 is 20.0 Å². The molecule has 27 heavy (non-hydrogen) atoms. The van der Waals surface area contributed by atoms with Crippen LogP contribution in [0.4, 0.5) is 5.69 Å². The van der Waals surface area contributed by atoms with Crippen LogP contribution in [0, 0.1) is 5.92 Å². The van der Waals surface area contributed by atoms with Gasteiger partial charge in [0.2, 0.25) is 11.8 Å². The van der Waals surface area contributed by atoms with Crippen molar-refractivity contribution in [1.29, 1.82) is 0 Å². The number of hydrogen-bond acceptors (Lipinski definition) is 4. The molecule has 1 aromatic carbocycles. The van der Waals surface area contributed by atoms with E-state index in [2.05, 4.69) is 26.6 Å². The lowest BCUT2D eigenvalue weighted by Crippen LogP contribution is -2.45. The molecule has 0 spiro atoms. The summed E-state index contributed by atoms with van der Waals surface area (Å²) in [5.74, 6) is -0.609. The van der Waals surface area contributed by atoms with Gasteiger partial charge in [0.15, 0.2) is 10.4 Å². The third-order valence-corrected chi connectivity index (χ3v) is 4.88. The number of nitrogens with zero attached hydrogens (tertiary/aromatic N) is 1. The number of anilines is 1. The molecule has 2 heterocycles. The SMILES string of the molecule is O=C(NCC(=O)N1CCC(C(=O)Nc2ccccc2)CC1)c1ccc(Br)o1. The smallest absolute Gasteiger partial charge is 0.287 e. The second kappa shape index (κ2) is 8.85. The van der Waals surface area contributed by atoms with E-state index in [-0.39, 0.29) is 30.0 Å². The van der Waals surface area contributed by atoms with Gasteiger partial charge in [-0.2, -0.15) is 0 Å². The lowest BCUT2D eigenvalue weighted by atomic mass is 9.95. The molecule has 0 unspecified atom stereocenters. The Labute approximate surface area is 165 Å². The highest BCUT2D eigenvalue weighted by molar-refractivity contribution is 9.10. The van der Waals surface area contributed by atoms with E-state index in [9.17, 15) is 14.4 Å². The summed E-state index contributed by atoms with van der Waals surface area (Å²) in [6, 6.07) is 12.5. The lowest BCUT2D eigenvalue weighted by Gasteiger charge is -2.31. The molecule has 0 saturated carbocycles. The van der Waals surface area contributed by atoms with E-state index >= 15 is 0 Å². The van der Waals surface area contributed by atoms with Crippen molar-refractivity contribution in [3.05, 3.63) is 52.9 Å². The van der Waals surface area contributed by atoms with E-state index in [0.29, 0.717) is 30.6 Å². The quantitative estimate of drug-likeness (QED) is 0.757. The minimum Gasteiger partial charge on any atom is -0.444 e. The van der Waals surface area contributed by atoms with Gasteiger partial charge in [-0.05, 0) is 53.0 Å². The number of benzene rings is 1. The lowest BCUT2D eigenvalue weighted by molar-refractivity contribution is -0.133. The highest BCUT2D eigenvalue weighted by Gasteiger charge is 2.27. The second-order valence-corrected chi connectivity index (χ2v) is 7.08. The number of nitrogens with one attached hydrogen (secondary N) is 2. The molecule has 1 saturated heterocycles. The fraction of sp³-hybridized carbons (Fsp3) is 0.316. The minimum absolute atomic E-state index is 0.0231. The largest absolute Gasteiger partial charge is 0.444 e. The van der Waals surface area contributed by atoms with Crippen molar-refractivity contribution in [1.82, 2.24) is 10.2 Å². The van der Waals surface area contributed by atoms with Gasteiger partial charge in [-0.1, -0.05) is 18.2 Å². The molecule has 7 nitrogen and oxygen atoms in total. The molecule has 8 heteroatoms. The molecule has 0 aliphatic carbocycles. The van der Waals surface area contributed by atoms with Crippen LogP contribution in [0.5, 0.6) is 0 Å². The van der Waals surface area contributed by atoms with Crippen molar-refractivity contribution in [3.63, 3.8) is 0 Å². The predicted molar refractivity (Wildman–Crippen MR) is 103 cm³/mol. The van der Waals surface area contributed by atoms with Gasteiger partial charge in [0, 0.05) is 24.7 Å². The highest BCUT2D eigenvalue weighted by atomic mass is 79.9. The highest BCUT2D eigenvalue weighted by Crippen LogP contribution is 2.19. The van der Waals surface area contributed by atoms with Gasteiger partial charge in [0.25, 0.3) is 5.91 Å². The Kier molecular flexibility index (Phi) is 6.28. The first-order valence-corrected chi connectivity index (χ1v) is 9.49. The normalized spacial score (nSPS) is 14.6. The molecule has 2 N–H and O–H groups in total. The fourth-order valence-corrected chi connectivity index (χ4v) is 3.25. The molecule has 0 radical (unpaired) electrons. The number of carbonyl (C=O) groups is 3. The van der Waals surface area contributed by atoms with Crippen LogP contribution in [0.15, 0.2) is 51.6 Å². The zero-order valence-electron chi connectivity index (χ0n) is 14.6. The first kappa shape index (κ1) is 19.2.